The highest BCUT2D eigenvalue weighted by Gasteiger charge is 2.13. The molecule has 0 aliphatic heterocycles. The van der Waals surface area contributed by atoms with Gasteiger partial charge in [0.2, 0.25) is 0 Å². The quantitative estimate of drug-likeness (QED) is 0.780. The van der Waals surface area contributed by atoms with E-state index in [1.807, 2.05) is 4.98 Å². The van der Waals surface area contributed by atoms with Crippen LogP contribution >= 0.6 is 0 Å². The molecule has 1 heterocycles. The Balaban J connectivity index is 3.33. The van der Waals surface area contributed by atoms with E-state index >= 15 is 0 Å². The average molecular weight is 213 g/mol. The van der Waals surface area contributed by atoms with Crippen LogP contribution < -0.4 is 11.3 Å². The average Bonchev–Trinajstić information content (AvgIpc) is 2.17. The highest BCUT2D eigenvalue weighted by Crippen LogP contribution is 2.17. The number of nitrogens with one attached hydrogen (secondary N) is 1. The second-order valence-corrected chi connectivity index (χ2v) is 2.90. The van der Waals surface area contributed by atoms with Crippen LogP contribution in [-0.2, 0) is 13.0 Å². The standard InChI is InChI=1S/C9H9F2N3O/c10-8(11)7-3-5(1-2-12)6(4-13)9(15)14-7/h3,8H,1,4,13H2,(H,14,15). The Hall–Kier alpha value is -1.74. The third kappa shape index (κ3) is 2.39. The number of H-pyrrole nitrogens is 1. The minimum Gasteiger partial charge on any atom is -0.326 e. The topological polar surface area (TPSA) is 82.7 Å². The third-order valence-electron chi connectivity index (χ3n) is 1.96. The van der Waals surface area contributed by atoms with Crippen molar-refractivity contribution in [1.82, 2.24) is 4.98 Å². The first-order chi connectivity index (χ1) is 7.10. The molecule has 4 nitrogen and oxygen atoms in total. The summed E-state index contributed by atoms with van der Waals surface area (Å²) < 4.78 is 24.6. The molecular formula is C9H9F2N3O. The lowest BCUT2D eigenvalue weighted by molar-refractivity contribution is 0.145. The molecule has 0 saturated heterocycles. The number of alkyl halides is 2. The summed E-state index contributed by atoms with van der Waals surface area (Å²) >= 11 is 0. The van der Waals surface area contributed by atoms with Crippen molar-refractivity contribution in [3.05, 3.63) is 33.2 Å². The molecule has 80 valence electrons. The molecule has 0 aliphatic carbocycles. The molecule has 3 N–H and O–H groups in total. The molecule has 6 heteroatoms. The number of nitrogens with two attached hydrogens (primary N) is 1. The zero-order valence-corrected chi connectivity index (χ0v) is 7.76. The molecule has 0 aromatic carbocycles. The molecule has 15 heavy (non-hydrogen) atoms. The maximum absolute atomic E-state index is 12.3. The van der Waals surface area contributed by atoms with Gasteiger partial charge in [-0.1, -0.05) is 0 Å². The summed E-state index contributed by atoms with van der Waals surface area (Å²) in [6.45, 7) is -0.0735. The fraction of sp³-hybridized carbons (Fsp3) is 0.333. The number of hydrogen-bond acceptors (Lipinski definition) is 3. The van der Waals surface area contributed by atoms with Crippen LogP contribution in [0.1, 0.15) is 23.2 Å². The smallest absolute Gasteiger partial charge is 0.278 e. The van der Waals surface area contributed by atoms with E-state index in [1.165, 1.54) is 0 Å². The Bertz CT molecular complexity index is 448. The predicted octanol–water partition coefficient (Wildman–Crippen LogP) is 0.837. The molecule has 0 spiro atoms. The van der Waals surface area contributed by atoms with Gasteiger partial charge in [0.05, 0.1) is 18.2 Å². The molecule has 0 aliphatic rings. The van der Waals surface area contributed by atoms with E-state index in [9.17, 15) is 13.6 Å². The fourth-order valence-corrected chi connectivity index (χ4v) is 1.25. The summed E-state index contributed by atoms with van der Waals surface area (Å²) in [5.41, 5.74) is 4.60. The summed E-state index contributed by atoms with van der Waals surface area (Å²) in [4.78, 5) is 13.3. The van der Waals surface area contributed by atoms with E-state index in [1.54, 1.807) is 6.07 Å². The van der Waals surface area contributed by atoms with E-state index in [0.29, 0.717) is 0 Å². The maximum atomic E-state index is 12.3. The second-order valence-electron chi connectivity index (χ2n) is 2.90. The van der Waals surface area contributed by atoms with Crippen LogP contribution in [-0.4, -0.2) is 4.98 Å². The Labute approximate surface area is 84.3 Å². The van der Waals surface area contributed by atoms with Crippen molar-refractivity contribution < 1.29 is 8.78 Å². The van der Waals surface area contributed by atoms with Gasteiger partial charge in [0.25, 0.3) is 12.0 Å². The van der Waals surface area contributed by atoms with Crippen molar-refractivity contribution in [2.75, 3.05) is 0 Å². The van der Waals surface area contributed by atoms with Crippen molar-refractivity contribution in [2.45, 2.75) is 19.4 Å². The Morgan fingerprint density at radius 1 is 1.60 bits per heavy atom. The van der Waals surface area contributed by atoms with E-state index < -0.39 is 17.7 Å². The van der Waals surface area contributed by atoms with E-state index in [2.05, 4.69) is 0 Å². The van der Waals surface area contributed by atoms with Crippen molar-refractivity contribution in [3.63, 3.8) is 0 Å². The highest BCUT2D eigenvalue weighted by molar-refractivity contribution is 5.29. The van der Waals surface area contributed by atoms with Gasteiger partial charge in [-0.25, -0.2) is 8.78 Å². The van der Waals surface area contributed by atoms with Crippen LogP contribution in [0.25, 0.3) is 0 Å². The van der Waals surface area contributed by atoms with Crippen LogP contribution in [0, 0.1) is 11.3 Å². The predicted molar refractivity (Wildman–Crippen MR) is 49.2 cm³/mol. The molecular weight excluding hydrogens is 204 g/mol. The van der Waals surface area contributed by atoms with Crippen LogP contribution in [0.4, 0.5) is 8.78 Å². The number of aromatic amines is 1. The van der Waals surface area contributed by atoms with Crippen molar-refractivity contribution >= 4 is 0 Å². The molecule has 0 fully saturated rings. The number of nitriles is 1. The summed E-state index contributed by atoms with van der Waals surface area (Å²) in [5.74, 6) is 0. The Kier molecular flexibility index (Phi) is 3.52. The lowest BCUT2D eigenvalue weighted by Crippen LogP contribution is -2.20. The van der Waals surface area contributed by atoms with Crippen LogP contribution in [0.3, 0.4) is 0 Å². The van der Waals surface area contributed by atoms with Gasteiger partial charge < -0.3 is 10.7 Å². The van der Waals surface area contributed by atoms with E-state index in [4.69, 9.17) is 11.0 Å². The number of rotatable bonds is 3. The van der Waals surface area contributed by atoms with Crippen LogP contribution in [0.2, 0.25) is 0 Å². The third-order valence-corrected chi connectivity index (χ3v) is 1.96. The molecule has 0 atom stereocenters. The molecule has 0 radical (unpaired) electrons. The zero-order chi connectivity index (χ0) is 11.4. The maximum Gasteiger partial charge on any atom is 0.278 e. The van der Waals surface area contributed by atoms with Gasteiger partial charge in [-0.3, -0.25) is 4.79 Å². The van der Waals surface area contributed by atoms with Gasteiger partial charge in [-0.05, 0) is 11.6 Å². The molecule has 0 amide bonds. The Morgan fingerprint density at radius 3 is 2.73 bits per heavy atom. The summed E-state index contributed by atoms with van der Waals surface area (Å²) in [5, 5.41) is 8.47. The van der Waals surface area contributed by atoms with E-state index in [0.717, 1.165) is 6.07 Å². The number of aromatic nitrogens is 1. The normalized spacial score (nSPS) is 10.3. The lowest BCUT2D eigenvalue weighted by Gasteiger charge is -2.06. The number of halogens is 2. The lowest BCUT2D eigenvalue weighted by atomic mass is 10.1. The number of pyridine rings is 1. The minimum absolute atomic E-state index is 0.0735. The minimum atomic E-state index is -2.76. The monoisotopic (exact) mass is 213 g/mol. The molecule has 0 unspecified atom stereocenters. The van der Waals surface area contributed by atoms with Gasteiger partial charge in [0.1, 0.15) is 0 Å². The molecule has 1 rings (SSSR count). The van der Waals surface area contributed by atoms with Crippen LogP contribution in [0.15, 0.2) is 10.9 Å². The summed E-state index contributed by atoms with van der Waals surface area (Å²) in [6.07, 6.45) is -2.86. The summed E-state index contributed by atoms with van der Waals surface area (Å²) in [6, 6.07) is 2.91. The largest absolute Gasteiger partial charge is 0.326 e. The molecule has 0 saturated carbocycles. The first-order valence-corrected chi connectivity index (χ1v) is 4.20. The SMILES string of the molecule is N#CCc1cc(C(F)F)[nH]c(=O)c1CN. The number of nitrogens with zero attached hydrogens (tertiary/aromatic N) is 1. The summed E-state index contributed by atoms with van der Waals surface area (Å²) in [7, 11) is 0. The van der Waals surface area contributed by atoms with Gasteiger partial charge in [0.15, 0.2) is 0 Å². The van der Waals surface area contributed by atoms with Gasteiger partial charge >= 0.3 is 0 Å². The highest BCUT2D eigenvalue weighted by atomic mass is 19.3. The first kappa shape index (κ1) is 11.3. The Morgan fingerprint density at radius 2 is 2.27 bits per heavy atom. The van der Waals surface area contributed by atoms with Crippen molar-refractivity contribution in [3.8, 4) is 6.07 Å². The molecule has 0 bridgehead atoms. The fourth-order valence-electron chi connectivity index (χ4n) is 1.25. The molecule has 1 aromatic rings. The first-order valence-electron chi connectivity index (χ1n) is 4.20. The van der Waals surface area contributed by atoms with Crippen molar-refractivity contribution in [2.24, 2.45) is 5.73 Å². The zero-order valence-electron chi connectivity index (χ0n) is 7.76. The van der Waals surface area contributed by atoms with Gasteiger partial charge in [-0.15, -0.1) is 0 Å². The second kappa shape index (κ2) is 4.66. The van der Waals surface area contributed by atoms with Gasteiger partial charge in [0, 0.05) is 12.1 Å². The van der Waals surface area contributed by atoms with E-state index in [-0.39, 0.29) is 24.1 Å². The molecule has 1 aromatic heterocycles. The number of hydrogen-bond donors (Lipinski definition) is 2. The van der Waals surface area contributed by atoms with Gasteiger partial charge in [-0.2, -0.15) is 5.26 Å². The van der Waals surface area contributed by atoms with Crippen molar-refractivity contribution in [1.29, 1.82) is 5.26 Å². The van der Waals surface area contributed by atoms with Crippen LogP contribution in [0.5, 0.6) is 0 Å².